The molecule has 66 valence electrons. The number of allylic oxidation sites excluding steroid dienone is 1. The molecule has 0 aromatic carbocycles. The van der Waals surface area contributed by atoms with Crippen LogP contribution in [-0.4, -0.2) is 8.07 Å². The van der Waals surface area contributed by atoms with Crippen molar-refractivity contribution < 1.29 is 0 Å². The first-order chi connectivity index (χ1) is 5.18. The Morgan fingerprint density at radius 3 is 2.00 bits per heavy atom. The highest BCUT2D eigenvalue weighted by molar-refractivity contribution is 6.83. The molecule has 0 heterocycles. The van der Waals surface area contributed by atoms with Crippen LogP contribution in [0.3, 0.4) is 0 Å². The molecule has 1 heteroatoms. The fourth-order valence-electron chi connectivity index (χ4n) is 1.02. The van der Waals surface area contributed by atoms with E-state index in [1.807, 2.05) is 0 Å². The van der Waals surface area contributed by atoms with E-state index in [-0.39, 0.29) is 0 Å². The summed E-state index contributed by atoms with van der Waals surface area (Å²) in [7, 11) is -0.915. The second-order valence-corrected chi connectivity index (χ2v) is 8.61. The van der Waals surface area contributed by atoms with Gasteiger partial charge in [-0.25, -0.2) is 0 Å². The first kappa shape index (κ1) is 11.0. The third-order valence-corrected chi connectivity index (χ3v) is 6.86. The number of rotatable bonds is 5. The Bertz CT molecular complexity index is 112. The van der Waals surface area contributed by atoms with Crippen molar-refractivity contribution in [3.8, 4) is 0 Å². The predicted molar refractivity (Wildman–Crippen MR) is 56.6 cm³/mol. The second kappa shape index (κ2) is 5.59. The van der Waals surface area contributed by atoms with Crippen LogP contribution in [0.4, 0.5) is 0 Å². The molecule has 0 aliphatic rings. The van der Waals surface area contributed by atoms with Crippen molar-refractivity contribution in [2.24, 2.45) is 0 Å². The van der Waals surface area contributed by atoms with Gasteiger partial charge in [0.1, 0.15) is 0 Å². The Kier molecular flexibility index (Phi) is 5.57. The zero-order chi connectivity index (χ0) is 8.74. The van der Waals surface area contributed by atoms with Gasteiger partial charge in [0.2, 0.25) is 0 Å². The van der Waals surface area contributed by atoms with Crippen molar-refractivity contribution in [1.29, 1.82) is 0 Å². The van der Waals surface area contributed by atoms with Gasteiger partial charge in [-0.2, -0.15) is 0 Å². The van der Waals surface area contributed by atoms with Crippen LogP contribution in [0.1, 0.15) is 33.6 Å². The fourth-order valence-corrected chi connectivity index (χ4v) is 2.73. The topological polar surface area (TPSA) is 0 Å². The van der Waals surface area contributed by atoms with Crippen LogP contribution in [0.5, 0.6) is 0 Å². The summed E-state index contributed by atoms with van der Waals surface area (Å²) in [6.45, 7) is 9.36. The molecule has 0 aromatic heterocycles. The van der Waals surface area contributed by atoms with E-state index in [0.29, 0.717) is 0 Å². The normalized spacial score (nSPS) is 12.7. The van der Waals surface area contributed by atoms with Crippen molar-refractivity contribution >= 4 is 8.07 Å². The third kappa shape index (κ3) is 4.41. The molecule has 0 nitrogen and oxygen atoms in total. The average molecular weight is 170 g/mol. The minimum absolute atomic E-state index is 0.915. The van der Waals surface area contributed by atoms with Crippen molar-refractivity contribution in [3.63, 3.8) is 0 Å². The maximum atomic E-state index is 2.52. The van der Waals surface area contributed by atoms with Crippen LogP contribution in [0.25, 0.3) is 0 Å². The van der Waals surface area contributed by atoms with Crippen molar-refractivity contribution in [1.82, 2.24) is 0 Å². The zero-order valence-corrected chi connectivity index (χ0v) is 9.48. The summed E-state index contributed by atoms with van der Waals surface area (Å²) in [5, 5.41) is 0. The molecule has 0 aliphatic heterocycles. The molecule has 0 rings (SSSR count). The highest BCUT2D eigenvalue weighted by atomic mass is 28.3. The number of hydrogen-bond donors (Lipinski definition) is 0. The lowest BCUT2D eigenvalue weighted by molar-refractivity contribution is 0.959. The lowest BCUT2D eigenvalue weighted by Crippen LogP contribution is -2.24. The van der Waals surface area contributed by atoms with Gasteiger partial charge in [-0.15, -0.1) is 0 Å². The van der Waals surface area contributed by atoms with Gasteiger partial charge in [0.05, 0.1) is 8.07 Å². The molecular weight excluding hydrogens is 148 g/mol. The van der Waals surface area contributed by atoms with Crippen LogP contribution in [0, 0.1) is 0 Å². The highest BCUT2D eigenvalue weighted by Crippen LogP contribution is 2.16. The first-order valence-corrected chi connectivity index (χ1v) is 7.85. The molecule has 0 atom stereocenters. The van der Waals surface area contributed by atoms with Gasteiger partial charge in [-0.3, -0.25) is 0 Å². The van der Waals surface area contributed by atoms with Crippen molar-refractivity contribution in [3.05, 3.63) is 11.8 Å². The van der Waals surface area contributed by atoms with Gasteiger partial charge >= 0.3 is 0 Å². The summed E-state index contributed by atoms with van der Waals surface area (Å²) in [6.07, 6.45) is 4.94. The standard InChI is InChI=1S/C10H22Si/c1-5-8-9-10-11(4,6-2)7-3/h9-10H,5-8H2,1-4H3. The zero-order valence-electron chi connectivity index (χ0n) is 8.48. The molecule has 0 saturated heterocycles. The first-order valence-electron chi connectivity index (χ1n) is 4.86. The monoisotopic (exact) mass is 170 g/mol. The van der Waals surface area contributed by atoms with E-state index in [2.05, 4.69) is 39.1 Å². The summed E-state index contributed by atoms with van der Waals surface area (Å²) in [5.74, 6) is 0. The maximum absolute atomic E-state index is 2.52. The summed E-state index contributed by atoms with van der Waals surface area (Å²) in [6, 6.07) is 2.79. The number of unbranched alkanes of at least 4 members (excludes halogenated alkanes) is 1. The Morgan fingerprint density at radius 1 is 1.09 bits per heavy atom. The van der Waals surface area contributed by atoms with Gasteiger partial charge in [0.25, 0.3) is 0 Å². The Morgan fingerprint density at radius 2 is 1.64 bits per heavy atom. The molecule has 0 spiro atoms. The maximum Gasteiger partial charge on any atom is 0.0738 e. The van der Waals surface area contributed by atoms with E-state index in [4.69, 9.17) is 0 Å². The molecule has 0 fully saturated rings. The molecule has 0 bridgehead atoms. The number of hydrogen-bond acceptors (Lipinski definition) is 0. The molecule has 11 heavy (non-hydrogen) atoms. The molecule has 0 N–H and O–H groups in total. The van der Waals surface area contributed by atoms with Gasteiger partial charge < -0.3 is 0 Å². The summed E-state index contributed by atoms with van der Waals surface area (Å²) in [4.78, 5) is 0. The molecular formula is C10H22Si. The fraction of sp³-hybridized carbons (Fsp3) is 0.800. The van der Waals surface area contributed by atoms with Gasteiger partial charge in [0, 0.05) is 0 Å². The quantitative estimate of drug-likeness (QED) is 0.547. The largest absolute Gasteiger partial charge is 0.0984 e. The highest BCUT2D eigenvalue weighted by Gasteiger charge is 2.17. The molecule has 0 radical (unpaired) electrons. The SMILES string of the molecule is CCCC=C[Si](C)(CC)CC. The Hall–Kier alpha value is -0.0431. The van der Waals surface area contributed by atoms with E-state index in [0.717, 1.165) is 0 Å². The Balaban J connectivity index is 3.85. The molecule has 0 unspecified atom stereocenters. The van der Waals surface area contributed by atoms with Crippen LogP contribution in [0.2, 0.25) is 18.6 Å². The summed E-state index contributed by atoms with van der Waals surface area (Å²) in [5.41, 5.74) is 2.52. The summed E-state index contributed by atoms with van der Waals surface area (Å²) < 4.78 is 0. The minimum Gasteiger partial charge on any atom is -0.0984 e. The molecule has 0 amide bonds. The van der Waals surface area contributed by atoms with Crippen LogP contribution in [-0.2, 0) is 0 Å². The van der Waals surface area contributed by atoms with E-state index < -0.39 is 8.07 Å². The van der Waals surface area contributed by atoms with E-state index in [9.17, 15) is 0 Å². The van der Waals surface area contributed by atoms with Crippen LogP contribution in [0.15, 0.2) is 11.8 Å². The predicted octanol–water partition coefficient (Wildman–Crippen LogP) is 4.00. The van der Waals surface area contributed by atoms with Gasteiger partial charge in [-0.05, 0) is 6.42 Å². The summed E-state index contributed by atoms with van der Waals surface area (Å²) >= 11 is 0. The lowest BCUT2D eigenvalue weighted by atomic mass is 10.3. The molecule has 0 saturated carbocycles. The smallest absolute Gasteiger partial charge is 0.0738 e. The van der Waals surface area contributed by atoms with E-state index in [1.54, 1.807) is 0 Å². The van der Waals surface area contributed by atoms with Crippen LogP contribution >= 0.6 is 0 Å². The second-order valence-electron chi connectivity index (χ2n) is 3.55. The molecule has 0 aromatic rings. The Labute approximate surface area is 72.7 Å². The molecule has 0 aliphatic carbocycles. The average Bonchev–Trinajstić information content (AvgIpc) is 2.05. The van der Waals surface area contributed by atoms with Gasteiger partial charge in [0.15, 0.2) is 0 Å². The van der Waals surface area contributed by atoms with Crippen molar-refractivity contribution in [2.45, 2.75) is 52.2 Å². The lowest BCUT2D eigenvalue weighted by Gasteiger charge is -2.18. The van der Waals surface area contributed by atoms with E-state index in [1.165, 1.54) is 24.9 Å². The third-order valence-electron chi connectivity index (χ3n) is 2.59. The van der Waals surface area contributed by atoms with E-state index >= 15 is 0 Å². The van der Waals surface area contributed by atoms with Crippen molar-refractivity contribution in [2.75, 3.05) is 0 Å². The van der Waals surface area contributed by atoms with Gasteiger partial charge in [-0.1, -0.05) is 57.6 Å². The minimum atomic E-state index is -0.915. The van der Waals surface area contributed by atoms with Crippen LogP contribution < -0.4 is 0 Å².